The Labute approximate surface area is 195 Å². The van der Waals surface area contributed by atoms with Crippen molar-refractivity contribution in [1.29, 1.82) is 0 Å². The topological polar surface area (TPSA) is 66.9 Å². The van der Waals surface area contributed by atoms with Crippen molar-refractivity contribution >= 4 is 5.97 Å². The van der Waals surface area contributed by atoms with Crippen molar-refractivity contribution in [2.75, 3.05) is 27.4 Å². The number of pyridine rings is 1. The van der Waals surface area contributed by atoms with Crippen molar-refractivity contribution in [2.24, 2.45) is 0 Å². The summed E-state index contributed by atoms with van der Waals surface area (Å²) in [5, 5.41) is 0. The number of nitrogens with zero attached hydrogens (tertiary/aromatic N) is 1. The van der Waals surface area contributed by atoms with Gasteiger partial charge in [-0.25, -0.2) is 4.98 Å². The average molecular weight is 450 g/mol. The molecule has 3 rings (SSSR count). The molecule has 174 valence electrons. The minimum Gasteiger partial charge on any atom is -0.497 e. The SMILES string of the molecule is CCOC(=O)CCCCCOc1cc(-c2cc(OC)cc(OC)c2)cc(-c2ccccc2)n1. The second kappa shape index (κ2) is 12.5. The van der Waals surface area contributed by atoms with E-state index in [2.05, 4.69) is 0 Å². The van der Waals surface area contributed by atoms with Gasteiger partial charge in [0.25, 0.3) is 0 Å². The van der Waals surface area contributed by atoms with Crippen LogP contribution in [0.3, 0.4) is 0 Å². The van der Waals surface area contributed by atoms with Crippen molar-refractivity contribution in [1.82, 2.24) is 4.98 Å². The van der Waals surface area contributed by atoms with Gasteiger partial charge >= 0.3 is 5.97 Å². The third-order valence-corrected chi connectivity index (χ3v) is 5.14. The second-order valence-electron chi connectivity index (χ2n) is 7.51. The van der Waals surface area contributed by atoms with Crippen molar-refractivity contribution in [3.63, 3.8) is 0 Å². The fourth-order valence-electron chi connectivity index (χ4n) is 3.43. The molecule has 6 nitrogen and oxygen atoms in total. The van der Waals surface area contributed by atoms with Crippen LogP contribution in [0, 0.1) is 0 Å². The maximum absolute atomic E-state index is 11.5. The van der Waals surface area contributed by atoms with Crippen molar-refractivity contribution in [3.8, 4) is 39.8 Å². The van der Waals surface area contributed by atoms with E-state index < -0.39 is 0 Å². The molecule has 0 radical (unpaired) electrons. The van der Waals surface area contributed by atoms with Crippen LogP contribution in [-0.2, 0) is 9.53 Å². The minimum absolute atomic E-state index is 0.144. The minimum atomic E-state index is -0.144. The van der Waals surface area contributed by atoms with E-state index in [0.29, 0.717) is 37.0 Å². The predicted octanol–water partition coefficient (Wildman–Crippen LogP) is 5.94. The van der Waals surface area contributed by atoms with Crippen molar-refractivity contribution < 1.29 is 23.7 Å². The fourth-order valence-corrected chi connectivity index (χ4v) is 3.43. The third kappa shape index (κ3) is 7.24. The van der Waals surface area contributed by atoms with Crippen LogP contribution in [0.15, 0.2) is 60.7 Å². The fraction of sp³-hybridized carbons (Fsp3) is 0.333. The van der Waals surface area contributed by atoms with Gasteiger partial charge in [0.2, 0.25) is 5.88 Å². The highest BCUT2D eigenvalue weighted by Gasteiger charge is 2.11. The quantitative estimate of drug-likeness (QED) is 0.252. The predicted molar refractivity (Wildman–Crippen MR) is 129 cm³/mol. The van der Waals surface area contributed by atoms with E-state index in [9.17, 15) is 4.79 Å². The van der Waals surface area contributed by atoms with Gasteiger partial charge < -0.3 is 18.9 Å². The third-order valence-electron chi connectivity index (χ3n) is 5.14. The molecule has 0 aliphatic heterocycles. The number of esters is 1. The molecule has 0 atom stereocenters. The monoisotopic (exact) mass is 449 g/mol. The molecule has 0 aliphatic rings. The molecule has 0 fully saturated rings. The number of hydrogen-bond acceptors (Lipinski definition) is 6. The highest BCUT2D eigenvalue weighted by atomic mass is 16.5. The molecular weight excluding hydrogens is 418 g/mol. The molecule has 0 N–H and O–H groups in total. The zero-order valence-electron chi connectivity index (χ0n) is 19.5. The lowest BCUT2D eigenvalue weighted by Crippen LogP contribution is -2.04. The lowest BCUT2D eigenvalue weighted by molar-refractivity contribution is -0.143. The van der Waals surface area contributed by atoms with E-state index >= 15 is 0 Å². The molecule has 0 spiro atoms. The molecule has 2 aromatic carbocycles. The number of aromatic nitrogens is 1. The van der Waals surface area contributed by atoms with Gasteiger partial charge in [0.05, 0.1) is 33.1 Å². The van der Waals surface area contributed by atoms with E-state index in [1.165, 1.54) is 0 Å². The number of unbranched alkanes of at least 4 members (excludes halogenated alkanes) is 2. The number of methoxy groups -OCH3 is 2. The molecule has 33 heavy (non-hydrogen) atoms. The molecule has 0 bridgehead atoms. The Bertz CT molecular complexity index is 1010. The maximum Gasteiger partial charge on any atom is 0.305 e. The number of carbonyl (C=O) groups is 1. The molecule has 0 saturated carbocycles. The van der Waals surface area contributed by atoms with Crippen LogP contribution >= 0.6 is 0 Å². The van der Waals surface area contributed by atoms with Crippen LogP contribution in [0.2, 0.25) is 0 Å². The van der Waals surface area contributed by atoms with E-state index in [1.807, 2.05) is 67.6 Å². The van der Waals surface area contributed by atoms with Gasteiger partial charge in [-0.3, -0.25) is 4.79 Å². The molecule has 0 aliphatic carbocycles. The molecule has 6 heteroatoms. The van der Waals surface area contributed by atoms with E-state index in [4.69, 9.17) is 23.9 Å². The van der Waals surface area contributed by atoms with Gasteiger partial charge in [0.15, 0.2) is 0 Å². The number of hydrogen-bond donors (Lipinski definition) is 0. The summed E-state index contributed by atoms with van der Waals surface area (Å²) in [6.07, 6.45) is 2.95. The first kappa shape index (κ1) is 24.1. The van der Waals surface area contributed by atoms with Gasteiger partial charge in [-0.2, -0.15) is 0 Å². The Balaban J connectivity index is 1.77. The zero-order chi connectivity index (χ0) is 23.5. The molecule has 3 aromatic rings. The molecule has 0 amide bonds. The molecule has 0 saturated heterocycles. The van der Waals surface area contributed by atoms with Gasteiger partial charge in [-0.1, -0.05) is 30.3 Å². The van der Waals surface area contributed by atoms with Crippen LogP contribution in [0.25, 0.3) is 22.4 Å². The van der Waals surface area contributed by atoms with E-state index in [0.717, 1.165) is 41.6 Å². The van der Waals surface area contributed by atoms with Crippen molar-refractivity contribution in [3.05, 3.63) is 60.7 Å². The highest BCUT2D eigenvalue weighted by Crippen LogP contribution is 2.33. The lowest BCUT2D eigenvalue weighted by atomic mass is 10.0. The maximum atomic E-state index is 11.5. The van der Waals surface area contributed by atoms with Gasteiger partial charge in [0, 0.05) is 24.1 Å². The van der Waals surface area contributed by atoms with Gasteiger partial charge in [-0.15, -0.1) is 0 Å². The first-order valence-electron chi connectivity index (χ1n) is 11.2. The van der Waals surface area contributed by atoms with E-state index in [-0.39, 0.29) is 5.97 Å². The Morgan fingerprint density at radius 1 is 0.818 bits per heavy atom. The Morgan fingerprint density at radius 3 is 2.18 bits per heavy atom. The van der Waals surface area contributed by atoms with Gasteiger partial charge in [0.1, 0.15) is 11.5 Å². The Morgan fingerprint density at radius 2 is 1.52 bits per heavy atom. The molecular formula is C27H31NO5. The molecule has 1 heterocycles. The molecule has 1 aromatic heterocycles. The summed E-state index contributed by atoms with van der Waals surface area (Å²) in [4.78, 5) is 16.2. The summed E-state index contributed by atoms with van der Waals surface area (Å²) in [7, 11) is 3.27. The summed E-state index contributed by atoms with van der Waals surface area (Å²) in [6.45, 7) is 2.76. The number of benzene rings is 2. The summed E-state index contributed by atoms with van der Waals surface area (Å²) < 4.78 is 21.8. The van der Waals surface area contributed by atoms with Crippen molar-refractivity contribution in [2.45, 2.75) is 32.6 Å². The van der Waals surface area contributed by atoms with Crippen LogP contribution in [0.5, 0.6) is 17.4 Å². The normalized spacial score (nSPS) is 10.5. The molecule has 0 unspecified atom stereocenters. The Hall–Kier alpha value is -3.54. The summed E-state index contributed by atoms with van der Waals surface area (Å²) in [6, 6.07) is 19.7. The number of ether oxygens (including phenoxy) is 4. The highest BCUT2D eigenvalue weighted by molar-refractivity contribution is 5.73. The van der Waals surface area contributed by atoms with Crippen LogP contribution in [-0.4, -0.2) is 38.4 Å². The van der Waals surface area contributed by atoms with Crippen LogP contribution in [0.4, 0.5) is 0 Å². The first-order chi connectivity index (χ1) is 16.1. The van der Waals surface area contributed by atoms with Crippen LogP contribution in [0.1, 0.15) is 32.6 Å². The Kier molecular flexibility index (Phi) is 9.12. The first-order valence-corrected chi connectivity index (χ1v) is 11.2. The van der Waals surface area contributed by atoms with E-state index in [1.54, 1.807) is 14.2 Å². The summed E-state index contributed by atoms with van der Waals surface area (Å²) in [5.41, 5.74) is 3.74. The smallest absolute Gasteiger partial charge is 0.305 e. The summed E-state index contributed by atoms with van der Waals surface area (Å²) >= 11 is 0. The average Bonchev–Trinajstić information content (AvgIpc) is 2.86. The zero-order valence-corrected chi connectivity index (χ0v) is 19.5. The standard InChI is InChI=1S/C27H31NO5/c1-4-32-27(29)13-9-6-10-14-33-26-18-22(17-25(28-26)20-11-7-5-8-12-20)21-15-23(30-2)19-24(16-21)31-3/h5,7-8,11-12,15-19H,4,6,9-10,13-14H2,1-3H3. The lowest BCUT2D eigenvalue weighted by Gasteiger charge is -2.13. The van der Waals surface area contributed by atoms with Crippen LogP contribution < -0.4 is 14.2 Å². The summed E-state index contributed by atoms with van der Waals surface area (Å²) in [5.74, 6) is 1.84. The number of rotatable bonds is 12. The number of carbonyl (C=O) groups excluding carboxylic acids is 1. The second-order valence-corrected chi connectivity index (χ2v) is 7.51. The largest absolute Gasteiger partial charge is 0.497 e. The van der Waals surface area contributed by atoms with Gasteiger partial charge in [-0.05, 0) is 55.5 Å².